The van der Waals surface area contributed by atoms with E-state index in [1.165, 1.54) is 0 Å². The van der Waals surface area contributed by atoms with Crippen molar-refractivity contribution in [2.45, 2.75) is 6.61 Å². The first-order valence-corrected chi connectivity index (χ1v) is 6.00. The van der Waals surface area contributed by atoms with E-state index in [4.69, 9.17) is 5.11 Å². The highest BCUT2D eigenvalue weighted by Crippen LogP contribution is 2.14. The van der Waals surface area contributed by atoms with Gasteiger partial charge in [0.25, 0.3) is 0 Å². The van der Waals surface area contributed by atoms with E-state index in [0.717, 1.165) is 20.6 Å². The molecular weight excluding hydrogens is 333 g/mol. The van der Waals surface area contributed by atoms with Crippen LogP contribution in [0.4, 0.5) is 0 Å². The van der Waals surface area contributed by atoms with Gasteiger partial charge in [-0.15, -0.1) is 0 Å². The molecule has 1 N–H and O–H groups in total. The lowest BCUT2D eigenvalue weighted by molar-refractivity contribution is 0.282. The zero-order valence-electron chi connectivity index (χ0n) is 8.66. The Bertz CT molecular complexity index is 674. The fourth-order valence-corrected chi connectivity index (χ4v) is 1.96. The predicted molar refractivity (Wildman–Crippen MR) is 68.7 cm³/mol. The number of halogens is 1. The minimum absolute atomic E-state index is 0.0236. The number of hydrogen-bond donors (Lipinski definition) is 1. The topological polar surface area (TPSA) is 68.2 Å². The molecule has 0 aromatic carbocycles. The van der Waals surface area contributed by atoms with Crippen LogP contribution in [-0.2, 0) is 6.61 Å². The molecule has 0 aliphatic rings. The fraction of sp³-hybridized carbons (Fsp3) is 0.100. The molecule has 0 spiro atoms. The van der Waals surface area contributed by atoms with Crippen molar-refractivity contribution in [3.8, 4) is 5.69 Å². The summed E-state index contributed by atoms with van der Waals surface area (Å²) in [6, 6.07) is 1.88. The second-order valence-electron chi connectivity index (χ2n) is 3.50. The molecule has 86 valence electrons. The summed E-state index contributed by atoms with van der Waals surface area (Å²) in [6.45, 7) is -0.0236. The highest BCUT2D eigenvalue weighted by Gasteiger charge is 2.09. The number of aromatic nitrogens is 5. The van der Waals surface area contributed by atoms with E-state index < -0.39 is 0 Å². The molecule has 0 atom stereocenters. The Hall–Kier alpha value is -1.48. The molecule has 0 saturated heterocycles. The molecule has 3 heterocycles. The van der Waals surface area contributed by atoms with E-state index in [1.54, 1.807) is 27.8 Å². The van der Waals surface area contributed by atoms with E-state index in [1.807, 2.05) is 12.3 Å². The zero-order valence-corrected chi connectivity index (χ0v) is 10.8. The van der Waals surface area contributed by atoms with Crippen LogP contribution in [0, 0.1) is 3.70 Å². The predicted octanol–water partition coefficient (Wildman–Crippen LogP) is 1.01. The Labute approximate surface area is 110 Å². The Kier molecular flexibility index (Phi) is 2.56. The number of fused-ring (bicyclic) bond motifs is 1. The molecule has 0 aliphatic heterocycles. The van der Waals surface area contributed by atoms with E-state index >= 15 is 0 Å². The van der Waals surface area contributed by atoms with Crippen LogP contribution >= 0.6 is 22.6 Å². The van der Waals surface area contributed by atoms with Crippen LogP contribution in [0.25, 0.3) is 11.3 Å². The van der Waals surface area contributed by atoms with Gasteiger partial charge < -0.3 is 5.11 Å². The van der Waals surface area contributed by atoms with Crippen molar-refractivity contribution in [3.05, 3.63) is 40.1 Å². The maximum atomic E-state index is 9.01. The second-order valence-corrected chi connectivity index (χ2v) is 4.60. The van der Waals surface area contributed by atoms with Crippen LogP contribution < -0.4 is 0 Å². The molecule has 0 unspecified atom stereocenters. The van der Waals surface area contributed by atoms with Crippen molar-refractivity contribution in [2.75, 3.05) is 0 Å². The maximum absolute atomic E-state index is 9.01. The molecule has 6 nitrogen and oxygen atoms in total. The number of aliphatic hydroxyl groups excluding tert-OH is 1. The van der Waals surface area contributed by atoms with Gasteiger partial charge in [-0.2, -0.15) is 10.2 Å². The lowest BCUT2D eigenvalue weighted by atomic mass is 10.4. The normalized spacial score (nSPS) is 11.2. The van der Waals surface area contributed by atoms with E-state index in [0.29, 0.717) is 0 Å². The molecule has 17 heavy (non-hydrogen) atoms. The van der Waals surface area contributed by atoms with Crippen LogP contribution in [0.3, 0.4) is 0 Å². The van der Waals surface area contributed by atoms with Gasteiger partial charge in [-0.3, -0.25) is 0 Å². The van der Waals surface area contributed by atoms with Gasteiger partial charge >= 0.3 is 0 Å². The van der Waals surface area contributed by atoms with Crippen LogP contribution in [0.5, 0.6) is 0 Å². The van der Waals surface area contributed by atoms with Gasteiger partial charge in [-0.1, -0.05) is 0 Å². The van der Waals surface area contributed by atoms with Crippen molar-refractivity contribution in [3.63, 3.8) is 0 Å². The summed E-state index contributed by atoms with van der Waals surface area (Å²) in [5, 5.41) is 17.4. The summed E-state index contributed by atoms with van der Waals surface area (Å²) < 4.78 is 4.25. The average molecular weight is 341 g/mol. The third kappa shape index (κ3) is 1.80. The first-order chi connectivity index (χ1) is 8.28. The lowest BCUT2D eigenvalue weighted by Crippen LogP contribution is -1.97. The van der Waals surface area contributed by atoms with Gasteiger partial charge in [0.05, 0.1) is 19.0 Å². The van der Waals surface area contributed by atoms with Crippen LogP contribution in [0.2, 0.25) is 0 Å². The van der Waals surface area contributed by atoms with Crippen LogP contribution in [0.15, 0.2) is 30.9 Å². The van der Waals surface area contributed by atoms with E-state index in [9.17, 15) is 0 Å². The first kappa shape index (κ1) is 10.7. The SMILES string of the molecule is OCc1cnn(-c2cnn3ccc(I)nc23)c1. The molecule has 0 radical (unpaired) electrons. The summed E-state index contributed by atoms with van der Waals surface area (Å²) >= 11 is 2.15. The van der Waals surface area contributed by atoms with Gasteiger partial charge in [-0.25, -0.2) is 14.2 Å². The summed E-state index contributed by atoms with van der Waals surface area (Å²) in [5.41, 5.74) is 2.29. The summed E-state index contributed by atoms with van der Waals surface area (Å²) in [4.78, 5) is 4.41. The van der Waals surface area contributed by atoms with Crippen molar-refractivity contribution < 1.29 is 5.11 Å². The number of rotatable bonds is 2. The Morgan fingerprint density at radius 2 is 2.18 bits per heavy atom. The van der Waals surface area contributed by atoms with E-state index in [-0.39, 0.29) is 6.61 Å². The Morgan fingerprint density at radius 3 is 2.94 bits per heavy atom. The molecule has 3 aromatic heterocycles. The van der Waals surface area contributed by atoms with Crippen molar-refractivity contribution in [1.82, 2.24) is 24.4 Å². The Morgan fingerprint density at radius 1 is 1.29 bits per heavy atom. The van der Waals surface area contributed by atoms with Gasteiger partial charge in [0, 0.05) is 18.0 Å². The first-order valence-electron chi connectivity index (χ1n) is 4.92. The van der Waals surface area contributed by atoms with Crippen molar-refractivity contribution in [2.24, 2.45) is 0 Å². The molecular formula is C10H8IN5O. The standard InChI is InChI=1S/C10H8IN5O/c11-9-1-2-15-10(14-9)8(4-13-15)16-5-7(6-17)3-12-16/h1-5,17H,6H2. The number of nitrogens with zero attached hydrogens (tertiary/aromatic N) is 5. The molecule has 3 rings (SSSR count). The molecule has 7 heteroatoms. The van der Waals surface area contributed by atoms with Gasteiger partial charge in [0.15, 0.2) is 5.65 Å². The Balaban J connectivity index is 2.19. The van der Waals surface area contributed by atoms with E-state index in [2.05, 4.69) is 37.8 Å². The number of hydrogen-bond acceptors (Lipinski definition) is 4. The smallest absolute Gasteiger partial charge is 0.182 e. The zero-order chi connectivity index (χ0) is 11.8. The highest BCUT2D eigenvalue weighted by molar-refractivity contribution is 14.1. The molecule has 0 aliphatic carbocycles. The van der Waals surface area contributed by atoms with Gasteiger partial charge in [0.2, 0.25) is 0 Å². The van der Waals surface area contributed by atoms with Crippen molar-refractivity contribution >= 4 is 28.2 Å². The van der Waals surface area contributed by atoms with Crippen LogP contribution in [0.1, 0.15) is 5.56 Å². The van der Waals surface area contributed by atoms with Crippen LogP contribution in [-0.4, -0.2) is 29.5 Å². The summed E-state index contributed by atoms with van der Waals surface area (Å²) in [5.74, 6) is 0. The quantitative estimate of drug-likeness (QED) is 0.558. The molecule has 0 saturated carbocycles. The van der Waals surface area contributed by atoms with Crippen molar-refractivity contribution in [1.29, 1.82) is 0 Å². The monoisotopic (exact) mass is 341 g/mol. The molecule has 0 fully saturated rings. The van der Waals surface area contributed by atoms with Gasteiger partial charge in [-0.05, 0) is 28.7 Å². The molecule has 0 amide bonds. The summed E-state index contributed by atoms with van der Waals surface area (Å²) in [6.07, 6.45) is 6.94. The molecule has 3 aromatic rings. The third-order valence-electron chi connectivity index (χ3n) is 2.38. The average Bonchev–Trinajstić information content (AvgIpc) is 2.93. The number of aliphatic hydroxyl groups is 1. The fourth-order valence-electron chi connectivity index (χ4n) is 1.57. The largest absolute Gasteiger partial charge is 0.392 e. The van der Waals surface area contributed by atoms with Gasteiger partial charge in [0.1, 0.15) is 9.39 Å². The third-order valence-corrected chi connectivity index (χ3v) is 2.98. The maximum Gasteiger partial charge on any atom is 0.182 e. The molecule has 0 bridgehead atoms. The lowest BCUT2D eigenvalue weighted by Gasteiger charge is -1.98. The highest BCUT2D eigenvalue weighted by atomic mass is 127. The minimum Gasteiger partial charge on any atom is -0.392 e. The summed E-state index contributed by atoms with van der Waals surface area (Å²) in [7, 11) is 0. The minimum atomic E-state index is -0.0236. The second kappa shape index (κ2) is 4.08.